The van der Waals surface area contributed by atoms with E-state index in [1.807, 2.05) is 11.3 Å². The molecule has 1 fully saturated rings. The number of aliphatic carboxylic acids is 1. The standard InChI is InChI=1S/C16H25NO2S/c1-11(9-16(18)19)14-5-4-8-17(10-14)13(3)15-7-6-12(2)20-15/h6-7,11,13-14H,4-5,8-10H2,1-3H3,(H,18,19). The summed E-state index contributed by atoms with van der Waals surface area (Å²) in [5.41, 5.74) is 0. The van der Waals surface area contributed by atoms with Crippen LogP contribution in [0.3, 0.4) is 0 Å². The third-order valence-corrected chi connectivity index (χ3v) is 5.68. The quantitative estimate of drug-likeness (QED) is 0.894. The zero-order valence-electron chi connectivity index (χ0n) is 12.6. The summed E-state index contributed by atoms with van der Waals surface area (Å²) in [6, 6.07) is 4.87. The predicted octanol–water partition coefficient (Wildman–Crippen LogP) is 3.94. The number of nitrogens with zero attached hydrogens (tertiary/aromatic N) is 1. The van der Waals surface area contributed by atoms with Crippen LogP contribution < -0.4 is 0 Å². The third-order valence-electron chi connectivity index (χ3n) is 4.51. The molecule has 0 aromatic carbocycles. The average molecular weight is 295 g/mol. The maximum absolute atomic E-state index is 10.9. The molecule has 0 radical (unpaired) electrons. The number of carboxylic acid groups (broad SMARTS) is 1. The Labute approximate surface area is 125 Å². The smallest absolute Gasteiger partial charge is 0.303 e. The molecule has 0 amide bonds. The van der Waals surface area contributed by atoms with Gasteiger partial charge in [0.2, 0.25) is 0 Å². The Hall–Kier alpha value is -0.870. The number of thiophene rings is 1. The van der Waals surface area contributed by atoms with Gasteiger partial charge in [0.1, 0.15) is 0 Å². The van der Waals surface area contributed by atoms with Crippen LogP contribution in [-0.4, -0.2) is 29.1 Å². The second-order valence-corrected chi connectivity index (χ2v) is 7.42. The normalized spacial score (nSPS) is 23.4. The molecular weight excluding hydrogens is 270 g/mol. The van der Waals surface area contributed by atoms with Crippen LogP contribution in [0.1, 0.15) is 48.9 Å². The van der Waals surface area contributed by atoms with Crippen molar-refractivity contribution in [2.45, 2.75) is 46.1 Å². The molecule has 0 saturated carbocycles. The van der Waals surface area contributed by atoms with E-state index in [4.69, 9.17) is 5.11 Å². The van der Waals surface area contributed by atoms with Crippen LogP contribution >= 0.6 is 11.3 Å². The van der Waals surface area contributed by atoms with Crippen LogP contribution in [0.4, 0.5) is 0 Å². The van der Waals surface area contributed by atoms with Gasteiger partial charge in [0.05, 0.1) is 0 Å². The summed E-state index contributed by atoms with van der Waals surface area (Å²) < 4.78 is 0. The summed E-state index contributed by atoms with van der Waals surface area (Å²) in [5.74, 6) is 0.118. The van der Waals surface area contributed by atoms with E-state index in [2.05, 4.69) is 37.8 Å². The molecule has 0 bridgehead atoms. The highest BCUT2D eigenvalue weighted by Gasteiger charge is 2.29. The second-order valence-electron chi connectivity index (χ2n) is 6.10. The van der Waals surface area contributed by atoms with Crippen LogP contribution in [0, 0.1) is 18.8 Å². The van der Waals surface area contributed by atoms with E-state index in [1.165, 1.54) is 22.6 Å². The SMILES string of the molecule is Cc1ccc(C(C)N2CCCC(C(C)CC(=O)O)C2)s1. The molecule has 1 aromatic rings. The molecule has 1 aliphatic rings. The summed E-state index contributed by atoms with van der Waals surface area (Å²) in [6.45, 7) is 8.67. The predicted molar refractivity (Wildman–Crippen MR) is 83.2 cm³/mol. The van der Waals surface area contributed by atoms with Crippen LogP contribution in [0.5, 0.6) is 0 Å². The fourth-order valence-corrected chi connectivity index (χ4v) is 4.12. The van der Waals surface area contributed by atoms with Crippen LogP contribution in [0.2, 0.25) is 0 Å². The summed E-state index contributed by atoms with van der Waals surface area (Å²) in [5, 5.41) is 8.96. The van der Waals surface area contributed by atoms with Crippen molar-refractivity contribution in [2.24, 2.45) is 11.8 Å². The summed E-state index contributed by atoms with van der Waals surface area (Å²) in [6.07, 6.45) is 2.65. The molecule has 3 atom stereocenters. The van der Waals surface area contributed by atoms with Crippen LogP contribution in [-0.2, 0) is 4.79 Å². The van der Waals surface area contributed by atoms with Crippen molar-refractivity contribution >= 4 is 17.3 Å². The summed E-state index contributed by atoms with van der Waals surface area (Å²) in [4.78, 5) is 16.2. The average Bonchev–Trinajstić information content (AvgIpc) is 2.84. The maximum Gasteiger partial charge on any atom is 0.303 e. The lowest BCUT2D eigenvalue weighted by Crippen LogP contribution is -2.39. The summed E-state index contributed by atoms with van der Waals surface area (Å²) >= 11 is 1.87. The molecule has 1 N–H and O–H groups in total. The number of carbonyl (C=O) groups is 1. The van der Waals surface area contributed by atoms with E-state index < -0.39 is 5.97 Å². The molecule has 2 rings (SSSR count). The van der Waals surface area contributed by atoms with E-state index in [0.717, 1.165) is 13.1 Å². The molecule has 3 nitrogen and oxygen atoms in total. The number of hydrogen-bond acceptors (Lipinski definition) is 3. The molecule has 1 saturated heterocycles. The second kappa shape index (κ2) is 6.72. The number of piperidine rings is 1. The minimum atomic E-state index is -0.670. The van der Waals surface area contributed by atoms with Gasteiger partial charge >= 0.3 is 5.97 Å². The van der Waals surface area contributed by atoms with Crippen LogP contribution in [0.15, 0.2) is 12.1 Å². The third kappa shape index (κ3) is 3.83. The Morgan fingerprint density at radius 2 is 2.25 bits per heavy atom. The van der Waals surface area contributed by atoms with Gasteiger partial charge in [0, 0.05) is 28.8 Å². The molecular formula is C16H25NO2S. The van der Waals surface area contributed by atoms with Crippen molar-refractivity contribution in [2.75, 3.05) is 13.1 Å². The van der Waals surface area contributed by atoms with Crippen molar-refractivity contribution in [3.63, 3.8) is 0 Å². The first-order chi connectivity index (χ1) is 9.47. The van der Waals surface area contributed by atoms with Crippen molar-refractivity contribution in [1.82, 2.24) is 4.90 Å². The van der Waals surface area contributed by atoms with Gasteiger partial charge < -0.3 is 5.11 Å². The van der Waals surface area contributed by atoms with Crippen molar-refractivity contribution in [3.05, 3.63) is 21.9 Å². The first kappa shape index (κ1) is 15.5. The zero-order valence-corrected chi connectivity index (χ0v) is 13.4. The van der Waals surface area contributed by atoms with Crippen molar-refractivity contribution in [3.8, 4) is 0 Å². The molecule has 0 aliphatic carbocycles. The van der Waals surface area contributed by atoms with E-state index in [-0.39, 0.29) is 5.92 Å². The van der Waals surface area contributed by atoms with Gasteiger partial charge in [0.15, 0.2) is 0 Å². The maximum atomic E-state index is 10.9. The first-order valence-electron chi connectivity index (χ1n) is 7.49. The summed E-state index contributed by atoms with van der Waals surface area (Å²) in [7, 11) is 0. The minimum Gasteiger partial charge on any atom is -0.481 e. The van der Waals surface area contributed by atoms with E-state index >= 15 is 0 Å². The van der Waals surface area contributed by atoms with E-state index in [9.17, 15) is 4.79 Å². The van der Waals surface area contributed by atoms with Crippen LogP contribution in [0.25, 0.3) is 0 Å². The molecule has 4 heteroatoms. The molecule has 2 heterocycles. The monoisotopic (exact) mass is 295 g/mol. The van der Waals surface area contributed by atoms with Gasteiger partial charge in [-0.3, -0.25) is 9.69 Å². The lowest BCUT2D eigenvalue weighted by molar-refractivity contribution is -0.138. The number of carboxylic acids is 1. The van der Waals surface area contributed by atoms with Gasteiger partial charge in [-0.25, -0.2) is 0 Å². The highest BCUT2D eigenvalue weighted by Crippen LogP contribution is 2.33. The Bertz CT molecular complexity index is 457. The number of rotatable bonds is 5. The molecule has 20 heavy (non-hydrogen) atoms. The number of hydrogen-bond donors (Lipinski definition) is 1. The largest absolute Gasteiger partial charge is 0.481 e. The fourth-order valence-electron chi connectivity index (χ4n) is 3.16. The van der Waals surface area contributed by atoms with Gasteiger partial charge in [-0.1, -0.05) is 6.92 Å². The van der Waals surface area contributed by atoms with E-state index in [0.29, 0.717) is 18.4 Å². The Morgan fingerprint density at radius 3 is 2.85 bits per heavy atom. The Balaban J connectivity index is 1.97. The number of likely N-dealkylation sites (tertiary alicyclic amines) is 1. The van der Waals surface area contributed by atoms with Gasteiger partial charge in [-0.05, 0) is 57.2 Å². The fraction of sp³-hybridized carbons (Fsp3) is 0.688. The molecule has 112 valence electrons. The molecule has 1 aromatic heterocycles. The van der Waals surface area contributed by atoms with Crippen molar-refractivity contribution < 1.29 is 9.90 Å². The first-order valence-corrected chi connectivity index (χ1v) is 8.31. The molecule has 1 aliphatic heterocycles. The van der Waals surface area contributed by atoms with Gasteiger partial charge in [0.25, 0.3) is 0 Å². The van der Waals surface area contributed by atoms with Gasteiger partial charge in [-0.15, -0.1) is 11.3 Å². The van der Waals surface area contributed by atoms with E-state index in [1.54, 1.807) is 0 Å². The number of aryl methyl sites for hydroxylation is 1. The molecule has 3 unspecified atom stereocenters. The highest BCUT2D eigenvalue weighted by molar-refractivity contribution is 7.12. The lowest BCUT2D eigenvalue weighted by Gasteiger charge is -2.38. The topological polar surface area (TPSA) is 40.5 Å². The van der Waals surface area contributed by atoms with Gasteiger partial charge in [-0.2, -0.15) is 0 Å². The van der Waals surface area contributed by atoms with Crippen molar-refractivity contribution in [1.29, 1.82) is 0 Å². The Kier molecular flexibility index (Phi) is 5.22. The Morgan fingerprint density at radius 1 is 1.50 bits per heavy atom. The highest BCUT2D eigenvalue weighted by atomic mass is 32.1. The molecule has 0 spiro atoms. The minimum absolute atomic E-state index is 0.271. The zero-order chi connectivity index (χ0) is 14.7. The lowest BCUT2D eigenvalue weighted by atomic mass is 9.84.